The van der Waals surface area contributed by atoms with Gasteiger partial charge in [0.2, 0.25) is 11.6 Å². The first kappa shape index (κ1) is 26.8. The van der Waals surface area contributed by atoms with Gasteiger partial charge in [-0.2, -0.15) is 8.78 Å². The first-order valence-corrected chi connectivity index (χ1v) is 14.5. The van der Waals surface area contributed by atoms with Crippen LogP contribution in [0.15, 0.2) is 59.1 Å². The van der Waals surface area contributed by atoms with Crippen molar-refractivity contribution < 1.29 is 26.5 Å². The molecule has 1 aliphatic heterocycles. The normalized spacial score (nSPS) is 15.1. The second-order valence-electron chi connectivity index (χ2n) is 9.84. The maximum Gasteiger partial charge on any atom is 0.394 e. The second-order valence-corrected chi connectivity index (χ2v) is 12.2. The molecule has 0 radical (unpaired) electrons. The van der Waals surface area contributed by atoms with Crippen LogP contribution < -0.4 is 9.64 Å². The molecule has 0 amide bonds. The molecule has 1 saturated heterocycles. The van der Waals surface area contributed by atoms with Gasteiger partial charge in [-0.15, -0.1) is 5.10 Å². The second kappa shape index (κ2) is 10.4. The minimum Gasteiger partial charge on any atom is -0.433 e. The van der Waals surface area contributed by atoms with Gasteiger partial charge in [0.1, 0.15) is 27.1 Å². The maximum atomic E-state index is 13.1. The van der Waals surface area contributed by atoms with Crippen LogP contribution in [0.25, 0.3) is 22.8 Å². The summed E-state index contributed by atoms with van der Waals surface area (Å²) in [7, 11) is -3.02. The molecule has 0 bridgehead atoms. The highest BCUT2D eigenvalue weighted by molar-refractivity contribution is 7.91. The molecule has 3 heterocycles. The molecule has 39 heavy (non-hydrogen) atoms. The van der Waals surface area contributed by atoms with E-state index in [2.05, 4.69) is 30.9 Å². The van der Waals surface area contributed by atoms with Crippen molar-refractivity contribution in [1.29, 1.82) is 0 Å². The third-order valence-electron chi connectivity index (χ3n) is 6.69. The molecule has 0 aliphatic carbocycles. The van der Waals surface area contributed by atoms with Gasteiger partial charge in [-0.3, -0.25) is 0 Å². The predicted molar refractivity (Wildman–Crippen MR) is 143 cm³/mol. The average molecular weight is 558 g/mol. The summed E-state index contributed by atoms with van der Waals surface area (Å²) in [6.45, 7) is 4.43. The number of nitrogens with zero attached hydrogens (tertiary/aromatic N) is 5. The van der Waals surface area contributed by atoms with Crippen molar-refractivity contribution in [3.63, 3.8) is 0 Å². The number of benzene rings is 2. The van der Waals surface area contributed by atoms with Gasteiger partial charge in [0, 0.05) is 43.6 Å². The summed E-state index contributed by atoms with van der Waals surface area (Å²) in [5.41, 5.74) is 3.28. The van der Waals surface area contributed by atoms with Crippen LogP contribution in [0.5, 0.6) is 5.75 Å². The lowest BCUT2D eigenvalue weighted by Gasteiger charge is -2.33. The number of alkyl halides is 2. The van der Waals surface area contributed by atoms with E-state index < -0.39 is 15.9 Å². The average Bonchev–Trinajstić information content (AvgIpc) is 3.51. The zero-order chi connectivity index (χ0) is 27.8. The Kier molecular flexibility index (Phi) is 7.15. The third-order valence-corrected chi connectivity index (χ3v) is 8.37. The van der Waals surface area contributed by atoms with Crippen LogP contribution in [0.1, 0.15) is 31.2 Å². The lowest BCUT2D eigenvalue weighted by Crippen LogP contribution is -2.39. The number of hydrogen-bond donors (Lipinski definition) is 0. The molecule has 0 atom stereocenters. The van der Waals surface area contributed by atoms with Crippen LogP contribution >= 0.6 is 0 Å². The van der Waals surface area contributed by atoms with Gasteiger partial charge >= 0.3 is 6.11 Å². The molecule has 0 N–H and O–H groups in total. The summed E-state index contributed by atoms with van der Waals surface area (Å²) in [5.74, 6) is 1.52. The van der Waals surface area contributed by atoms with E-state index in [0.29, 0.717) is 68.1 Å². The Morgan fingerprint density at radius 3 is 2.49 bits per heavy atom. The van der Waals surface area contributed by atoms with Crippen molar-refractivity contribution in [3.05, 3.63) is 66.0 Å². The van der Waals surface area contributed by atoms with Crippen molar-refractivity contribution in [2.75, 3.05) is 24.2 Å². The van der Waals surface area contributed by atoms with Gasteiger partial charge in [0.05, 0.1) is 11.8 Å². The summed E-state index contributed by atoms with van der Waals surface area (Å²) in [4.78, 5) is 6.75. The molecule has 1 fully saturated rings. The molecule has 1 aliphatic rings. The summed E-state index contributed by atoms with van der Waals surface area (Å²) in [6, 6.07) is 16.0. The lowest BCUT2D eigenvalue weighted by molar-refractivity contribution is -0.158. The number of rotatable bonds is 8. The van der Waals surface area contributed by atoms with E-state index in [9.17, 15) is 17.2 Å². The summed E-state index contributed by atoms with van der Waals surface area (Å²) in [6.07, 6.45) is -0.696. The van der Waals surface area contributed by atoms with E-state index in [1.165, 1.54) is 18.4 Å². The molecule has 4 aromatic rings. The Bertz CT molecular complexity index is 1550. The molecule has 0 spiro atoms. The van der Waals surface area contributed by atoms with Gasteiger partial charge in [-0.25, -0.2) is 18.1 Å². The van der Waals surface area contributed by atoms with Crippen molar-refractivity contribution >= 4 is 15.5 Å². The minimum absolute atomic E-state index is 0.0495. The molecule has 0 unspecified atom stereocenters. The van der Waals surface area contributed by atoms with Crippen LogP contribution in [0.4, 0.5) is 14.5 Å². The van der Waals surface area contributed by atoms with Crippen molar-refractivity contribution in [2.45, 2.75) is 44.6 Å². The van der Waals surface area contributed by atoms with Crippen LogP contribution in [0.2, 0.25) is 0 Å². The van der Waals surface area contributed by atoms with Gasteiger partial charge in [-0.05, 0) is 61.7 Å². The molecular formula is C27H29F2N5O4S. The molecule has 12 heteroatoms. The highest BCUT2D eigenvalue weighted by Crippen LogP contribution is 2.28. The van der Waals surface area contributed by atoms with Crippen molar-refractivity contribution in [1.82, 2.24) is 19.9 Å². The van der Waals surface area contributed by atoms with E-state index in [4.69, 9.17) is 4.52 Å². The summed E-state index contributed by atoms with van der Waals surface area (Å²) >= 11 is 0. The van der Waals surface area contributed by atoms with Crippen LogP contribution in [0.3, 0.4) is 0 Å². The Morgan fingerprint density at radius 2 is 1.82 bits per heavy atom. The quantitative estimate of drug-likeness (QED) is 0.300. The summed E-state index contributed by atoms with van der Waals surface area (Å²) in [5, 5.41) is 8.41. The Morgan fingerprint density at radius 1 is 1.10 bits per heavy atom. The predicted octanol–water partition coefficient (Wildman–Crippen LogP) is 4.96. The molecule has 5 rings (SSSR count). The van der Waals surface area contributed by atoms with E-state index in [1.807, 2.05) is 25.1 Å². The number of aromatic nitrogens is 4. The number of piperidine rings is 1. The van der Waals surface area contributed by atoms with E-state index in [-0.39, 0.29) is 11.0 Å². The largest absolute Gasteiger partial charge is 0.433 e. The molecule has 2 aromatic heterocycles. The zero-order valence-electron chi connectivity index (χ0n) is 21.8. The monoisotopic (exact) mass is 557 g/mol. The van der Waals surface area contributed by atoms with Crippen LogP contribution in [-0.2, 0) is 16.4 Å². The van der Waals surface area contributed by atoms with Gasteiger partial charge in [0.15, 0.2) is 0 Å². The van der Waals surface area contributed by atoms with Crippen LogP contribution in [0, 0.1) is 6.92 Å². The number of aryl methyl sites for hydroxylation is 1. The Balaban J connectivity index is 1.27. The lowest BCUT2D eigenvalue weighted by atomic mass is 10.1. The smallest absolute Gasteiger partial charge is 0.394 e. The van der Waals surface area contributed by atoms with E-state index in [1.54, 1.807) is 22.9 Å². The first-order valence-electron chi connectivity index (χ1n) is 12.5. The Hall–Kier alpha value is -3.80. The highest BCUT2D eigenvalue weighted by atomic mass is 32.2. The number of hydrogen-bond acceptors (Lipinski definition) is 8. The van der Waals surface area contributed by atoms with E-state index in [0.717, 1.165) is 11.3 Å². The van der Waals surface area contributed by atoms with Gasteiger partial charge in [0.25, 0.3) is 0 Å². The Labute approximate surface area is 225 Å². The minimum atomic E-state index is -3.26. The number of halogens is 2. The fourth-order valence-electron chi connectivity index (χ4n) is 4.66. The fourth-order valence-corrected chi connectivity index (χ4v) is 5.73. The molecule has 2 aromatic carbocycles. The fraction of sp³-hybridized carbons (Fsp3) is 0.370. The topological polar surface area (TPSA) is 103 Å². The summed E-state index contributed by atoms with van der Waals surface area (Å²) < 4.78 is 61.7. The van der Waals surface area contributed by atoms with Crippen molar-refractivity contribution in [3.8, 4) is 28.6 Å². The standard InChI is InChI=1S/C27H29F2N5O4S/c1-18-30-26(25-16-24(32-38-25)20-7-9-22(10-8-20)37-27(2,28)29)31-34(18)17-19-5-4-6-21(15-19)33-13-11-23(12-14-33)39(3,35)36/h4-10,15-16,23H,11-14,17H2,1-3H3. The van der Waals surface area contributed by atoms with Crippen molar-refractivity contribution in [2.24, 2.45) is 0 Å². The maximum absolute atomic E-state index is 13.1. The zero-order valence-corrected chi connectivity index (χ0v) is 22.7. The van der Waals surface area contributed by atoms with Gasteiger partial charge in [-0.1, -0.05) is 17.3 Å². The molecule has 9 nitrogen and oxygen atoms in total. The number of anilines is 1. The molecule has 0 saturated carbocycles. The number of sulfone groups is 1. The van der Waals surface area contributed by atoms with E-state index >= 15 is 0 Å². The van der Waals surface area contributed by atoms with Crippen LogP contribution in [-0.4, -0.2) is 59.0 Å². The third kappa shape index (κ3) is 6.44. The number of ether oxygens (including phenoxy) is 1. The van der Waals surface area contributed by atoms with Gasteiger partial charge < -0.3 is 14.2 Å². The highest BCUT2D eigenvalue weighted by Gasteiger charge is 2.27. The molecular weight excluding hydrogens is 528 g/mol. The first-order chi connectivity index (χ1) is 18.4. The SMILES string of the molecule is Cc1nc(-c2cc(-c3ccc(OC(C)(F)F)cc3)no2)nn1Cc1cccc(N2CCC(S(C)(=O)=O)CC2)c1. The molecule has 206 valence electrons.